The maximum atomic E-state index is 12.4. The molecule has 0 saturated carbocycles. The smallest absolute Gasteiger partial charge is 0.316 e. The van der Waals surface area contributed by atoms with Gasteiger partial charge in [0.15, 0.2) is 0 Å². The molecule has 4 heteroatoms. The van der Waals surface area contributed by atoms with Gasteiger partial charge in [-0.3, -0.25) is 9.59 Å². The van der Waals surface area contributed by atoms with E-state index < -0.39 is 5.92 Å². The Kier molecular flexibility index (Phi) is 4.88. The maximum Gasteiger partial charge on any atom is 0.316 e. The van der Waals surface area contributed by atoms with Crippen molar-refractivity contribution in [3.05, 3.63) is 59.2 Å². The van der Waals surface area contributed by atoms with Crippen LogP contribution >= 0.6 is 0 Å². The molecule has 1 aliphatic rings. The predicted octanol–water partition coefficient (Wildman–Crippen LogP) is 3.82. The fraction of sp³-hybridized carbons (Fsp3) is 0.333. The monoisotopic (exact) mass is 337 g/mol. The van der Waals surface area contributed by atoms with Crippen LogP contribution in [0.2, 0.25) is 0 Å². The highest BCUT2D eigenvalue weighted by molar-refractivity contribution is 6.00. The van der Waals surface area contributed by atoms with Crippen molar-refractivity contribution in [3.63, 3.8) is 0 Å². The van der Waals surface area contributed by atoms with Crippen molar-refractivity contribution in [2.45, 2.75) is 33.6 Å². The number of nitrogens with zero attached hydrogens (tertiary/aromatic N) is 1. The number of hydrogen-bond acceptors (Lipinski definition) is 3. The van der Waals surface area contributed by atoms with E-state index in [0.29, 0.717) is 12.3 Å². The van der Waals surface area contributed by atoms with Gasteiger partial charge in [0.1, 0.15) is 5.75 Å². The van der Waals surface area contributed by atoms with Crippen LogP contribution in [-0.2, 0) is 16.0 Å². The van der Waals surface area contributed by atoms with Crippen LogP contribution in [0.3, 0.4) is 0 Å². The van der Waals surface area contributed by atoms with Crippen molar-refractivity contribution in [2.75, 3.05) is 11.4 Å². The average molecular weight is 337 g/mol. The van der Waals surface area contributed by atoms with Gasteiger partial charge in [-0.1, -0.05) is 31.2 Å². The van der Waals surface area contributed by atoms with Crippen molar-refractivity contribution in [2.24, 2.45) is 5.92 Å². The van der Waals surface area contributed by atoms with Crippen molar-refractivity contribution in [1.82, 2.24) is 0 Å². The number of aryl methyl sites for hydroxylation is 3. The maximum absolute atomic E-state index is 12.4. The fourth-order valence-electron chi connectivity index (χ4n) is 3.10. The number of esters is 1. The number of rotatable bonds is 4. The number of hydrogen-bond donors (Lipinski definition) is 0. The molecule has 0 unspecified atom stereocenters. The topological polar surface area (TPSA) is 46.6 Å². The van der Waals surface area contributed by atoms with E-state index in [1.807, 2.05) is 44.2 Å². The van der Waals surface area contributed by atoms with E-state index >= 15 is 0 Å². The summed E-state index contributed by atoms with van der Waals surface area (Å²) in [6.45, 7) is 6.42. The zero-order chi connectivity index (χ0) is 18.0. The summed E-state index contributed by atoms with van der Waals surface area (Å²) >= 11 is 0. The molecule has 2 aromatic rings. The van der Waals surface area contributed by atoms with Gasteiger partial charge in [0.05, 0.1) is 5.92 Å². The van der Waals surface area contributed by atoms with E-state index in [1.54, 1.807) is 17.0 Å². The third-order valence-corrected chi connectivity index (χ3v) is 4.66. The Morgan fingerprint density at radius 3 is 2.56 bits per heavy atom. The number of carbonyl (C=O) groups excluding carboxylic acids is 2. The van der Waals surface area contributed by atoms with Gasteiger partial charge in [-0.05, 0) is 55.2 Å². The van der Waals surface area contributed by atoms with Crippen molar-refractivity contribution >= 4 is 17.6 Å². The summed E-state index contributed by atoms with van der Waals surface area (Å²) in [5.74, 6) is -0.277. The first-order valence-corrected chi connectivity index (χ1v) is 8.66. The van der Waals surface area contributed by atoms with Gasteiger partial charge in [-0.25, -0.2) is 0 Å². The van der Waals surface area contributed by atoms with Gasteiger partial charge in [0.2, 0.25) is 5.91 Å². The van der Waals surface area contributed by atoms with Crippen LogP contribution in [0.1, 0.15) is 30.0 Å². The largest absolute Gasteiger partial charge is 0.426 e. The molecule has 1 heterocycles. The lowest BCUT2D eigenvalue weighted by molar-refractivity contribution is -0.139. The lowest BCUT2D eigenvalue weighted by atomic mass is 10.1. The highest BCUT2D eigenvalue weighted by Crippen LogP contribution is 2.29. The number of ether oxygens (including phenoxy) is 1. The zero-order valence-corrected chi connectivity index (χ0v) is 14.9. The highest BCUT2D eigenvalue weighted by atomic mass is 16.5. The fourth-order valence-corrected chi connectivity index (χ4v) is 3.10. The van der Waals surface area contributed by atoms with E-state index in [2.05, 4.69) is 6.92 Å². The highest BCUT2D eigenvalue weighted by Gasteiger charge is 2.36. The van der Waals surface area contributed by atoms with Crippen LogP contribution < -0.4 is 9.64 Å². The first-order chi connectivity index (χ1) is 12.0. The van der Waals surface area contributed by atoms with E-state index in [0.717, 1.165) is 23.2 Å². The molecule has 1 aliphatic heterocycles. The number of anilines is 1. The SMILES string of the molecule is CCc1ccc(OC(=O)[C@@H]2CC(=O)N(c3cc(C)ccc3C)C2)cc1. The molecule has 0 aliphatic carbocycles. The molecule has 4 nitrogen and oxygen atoms in total. The molecule has 1 saturated heterocycles. The van der Waals surface area contributed by atoms with Crippen molar-refractivity contribution in [1.29, 1.82) is 0 Å². The molecule has 0 spiro atoms. The van der Waals surface area contributed by atoms with Gasteiger partial charge in [-0.2, -0.15) is 0 Å². The molecule has 0 bridgehead atoms. The number of amides is 1. The molecule has 130 valence electrons. The van der Waals surface area contributed by atoms with Crippen LogP contribution in [-0.4, -0.2) is 18.4 Å². The van der Waals surface area contributed by atoms with Gasteiger partial charge in [0, 0.05) is 18.7 Å². The average Bonchev–Trinajstić information content (AvgIpc) is 2.99. The number of carbonyl (C=O) groups is 2. The minimum atomic E-state index is -0.432. The van der Waals surface area contributed by atoms with Gasteiger partial charge >= 0.3 is 5.97 Å². The Morgan fingerprint density at radius 1 is 1.16 bits per heavy atom. The standard InChI is InChI=1S/C21H23NO3/c1-4-16-7-9-18(10-8-16)25-21(24)17-12-20(23)22(13-17)19-11-14(2)5-6-15(19)3/h5-11,17H,4,12-13H2,1-3H3/t17-/m1/s1. The second kappa shape index (κ2) is 7.09. The lowest BCUT2D eigenvalue weighted by Gasteiger charge is -2.19. The van der Waals surface area contributed by atoms with Crippen LogP contribution in [0.5, 0.6) is 5.75 Å². The van der Waals surface area contributed by atoms with Crippen molar-refractivity contribution < 1.29 is 14.3 Å². The molecule has 0 N–H and O–H groups in total. The third kappa shape index (κ3) is 3.73. The molecule has 1 atom stereocenters. The first-order valence-electron chi connectivity index (χ1n) is 8.66. The molecule has 2 aromatic carbocycles. The molecule has 1 amide bonds. The summed E-state index contributed by atoms with van der Waals surface area (Å²) in [4.78, 5) is 26.6. The Hall–Kier alpha value is -2.62. The Balaban J connectivity index is 1.71. The van der Waals surface area contributed by atoms with Crippen LogP contribution in [0, 0.1) is 19.8 Å². The van der Waals surface area contributed by atoms with Crippen LogP contribution in [0.15, 0.2) is 42.5 Å². The van der Waals surface area contributed by atoms with Gasteiger partial charge in [-0.15, -0.1) is 0 Å². The van der Waals surface area contributed by atoms with Crippen molar-refractivity contribution in [3.8, 4) is 5.75 Å². The van der Waals surface area contributed by atoms with E-state index in [-0.39, 0.29) is 18.3 Å². The molecular weight excluding hydrogens is 314 g/mol. The van der Waals surface area contributed by atoms with Crippen LogP contribution in [0.4, 0.5) is 5.69 Å². The summed E-state index contributed by atoms with van der Waals surface area (Å²) in [6.07, 6.45) is 1.13. The molecule has 1 fully saturated rings. The predicted molar refractivity (Wildman–Crippen MR) is 97.8 cm³/mol. The molecule has 25 heavy (non-hydrogen) atoms. The normalized spacial score (nSPS) is 17.0. The lowest BCUT2D eigenvalue weighted by Crippen LogP contribution is -2.27. The van der Waals surface area contributed by atoms with Crippen LogP contribution in [0.25, 0.3) is 0 Å². The molecule has 3 rings (SSSR count). The third-order valence-electron chi connectivity index (χ3n) is 4.66. The summed E-state index contributed by atoms with van der Waals surface area (Å²) in [5, 5.41) is 0. The van der Waals surface area contributed by atoms with Gasteiger partial charge < -0.3 is 9.64 Å². The Morgan fingerprint density at radius 2 is 1.88 bits per heavy atom. The summed E-state index contributed by atoms with van der Waals surface area (Å²) in [7, 11) is 0. The summed E-state index contributed by atoms with van der Waals surface area (Å²) in [5.41, 5.74) is 4.20. The first kappa shape index (κ1) is 17.2. The molecule has 0 radical (unpaired) electrons. The minimum Gasteiger partial charge on any atom is -0.426 e. The molecule has 0 aromatic heterocycles. The minimum absolute atomic E-state index is 0.0306. The van der Waals surface area contributed by atoms with E-state index in [1.165, 1.54) is 5.56 Å². The number of benzene rings is 2. The second-order valence-electron chi connectivity index (χ2n) is 6.61. The summed E-state index contributed by atoms with van der Waals surface area (Å²) in [6, 6.07) is 13.5. The molecular formula is C21H23NO3. The zero-order valence-electron chi connectivity index (χ0n) is 14.9. The second-order valence-corrected chi connectivity index (χ2v) is 6.61. The Labute approximate surface area is 148 Å². The van der Waals surface area contributed by atoms with E-state index in [4.69, 9.17) is 4.74 Å². The quantitative estimate of drug-likeness (QED) is 0.629. The Bertz CT molecular complexity index is 795. The van der Waals surface area contributed by atoms with Gasteiger partial charge in [0.25, 0.3) is 0 Å². The van der Waals surface area contributed by atoms with E-state index in [9.17, 15) is 9.59 Å². The summed E-state index contributed by atoms with van der Waals surface area (Å²) < 4.78 is 5.47.